The lowest BCUT2D eigenvalue weighted by atomic mass is 10.1. The van der Waals surface area contributed by atoms with Gasteiger partial charge in [0.25, 0.3) is 0 Å². The Balaban J connectivity index is 2.21. The molecule has 28 heavy (non-hydrogen) atoms. The number of pyridine rings is 1. The molecule has 0 atom stereocenters. The molecule has 3 rings (SSSR count). The molecule has 0 aliphatic heterocycles. The SMILES string of the molecule is CCS(=O)(=O)c1cc(C=C(C)C)cnc1-c1ccn2nc(C(F)(F)F)cc2n1. The van der Waals surface area contributed by atoms with Gasteiger partial charge in [0.15, 0.2) is 21.2 Å². The van der Waals surface area contributed by atoms with Crippen molar-refractivity contribution in [2.24, 2.45) is 0 Å². The van der Waals surface area contributed by atoms with Gasteiger partial charge in [-0.3, -0.25) is 4.98 Å². The van der Waals surface area contributed by atoms with E-state index in [4.69, 9.17) is 0 Å². The molecule has 0 aliphatic rings. The molecule has 3 heterocycles. The van der Waals surface area contributed by atoms with E-state index in [1.807, 2.05) is 13.8 Å². The minimum atomic E-state index is -4.60. The molecule has 0 saturated carbocycles. The van der Waals surface area contributed by atoms with Gasteiger partial charge in [0.05, 0.1) is 16.3 Å². The number of sulfone groups is 1. The van der Waals surface area contributed by atoms with E-state index in [1.54, 1.807) is 6.08 Å². The first-order valence-corrected chi connectivity index (χ1v) is 9.98. The van der Waals surface area contributed by atoms with Crippen molar-refractivity contribution >= 4 is 21.6 Å². The van der Waals surface area contributed by atoms with Gasteiger partial charge in [-0.15, -0.1) is 0 Å². The molecule has 0 fully saturated rings. The summed E-state index contributed by atoms with van der Waals surface area (Å²) in [4.78, 5) is 8.36. The number of nitrogens with zero attached hydrogens (tertiary/aromatic N) is 4. The lowest BCUT2D eigenvalue weighted by Crippen LogP contribution is -2.08. The second-order valence-electron chi connectivity index (χ2n) is 6.38. The Morgan fingerprint density at radius 2 is 1.96 bits per heavy atom. The fourth-order valence-corrected chi connectivity index (χ4v) is 3.69. The quantitative estimate of drug-likeness (QED) is 0.649. The molecule has 6 nitrogen and oxygen atoms in total. The van der Waals surface area contributed by atoms with E-state index in [0.717, 1.165) is 16.2 Å². The van der Waals surface area contributed by atoms with Crippen molar-refractivity contribution in [2.45, 2.75) is 31.8 Å². The van der Waals surface area contributed by atoms with Gasteiger partial charge >= 0.3 is 6.18 Å². The minimum absolute atomic E-state index is 0.0163. The first-order chi connectivity index (χ1) is 13.0. The van der Waals surface area contributed by atoms with Gasteiger partial charge in [0.1, 0.15) is 5.69 Å². The monoisotopic (exact) mass is 410 g/mol. The molecule has 10 heteroatoms. The van der Waals surface area contributed by atoms with Crippen molar-refractivity contribution in [1.29, 1.82) is 0 Å². The number of hydrogen-bond donors (Lipinski definition) is 0. The smallest absolute Gasteiger partial charge is 0.253 e. The van der Waals surface area contributed by atoms with E-state index >= 15 is 0 Å². The fraction of sp³-hybridized carbons (Fsp3) is 0.278. The predicted molar refractivity (Wildman–Crippen MR) is 98.3 cm³/mol. The second kappa shape index (κ2) is 7.01. The van der Waals surface area contributed by atoms with Crippen LogP contribution in [0.1, 0.15) is 32.0 Å². The first-order valence-electron chi connectivity index (χ1n) is 8.33. The summed E-state index contributed by atoms with van der Waals surface area (Å²) < 4.78 is 64.7. The third kappa shape index (κ3) is 3.91. The van der Waals surface area contributed by atoms with E-state index < -0.39 is 21.7 Å². The number of hydrogen-bond acceptors (Lipinski definition) is 5. The van der Waals surface area contributed by atoms with Crippen molar-refractivity contribution < 1.29 is 21.6 Å². The van der Waals surface area contributed by atoms with Crippen LogP contribution in [0.4, 0.5) is 13.2 Å². The number of allylic oxidation sites excluding steroid dienone is 1. The van der Waals surface area contributed by atoms with E-state index in [0.29, 0.717) is 5.56 Å². The Labute approximate surface area is 159 Å². The van der Waals surface area contributed by atoms with Crippen molar-refractivity contribution in [3.63, 3.8) is 0 Å². The van der Waals surface area contributed by atoms with Crippen molar-refractivity contribution in [3.8, 4) is 11.4 Å². The summed E-state index contributed by atoms with van der Waals surface area (Å²) in [6.45, 7) is 5.25. The normalized spacial score (nSPS) is 12.4. The van der Waals surface area contributed by atoms with E-state index in [1.165, 1.54) is 31.5 Å². The Bertz CT molecular complexity index is 1180. The highest BCUT2D eigenvalue weighted by atomic mass is 32.2. The standard InChI is InChI=1S/C18H17F3N4O2S/c1-4-28(26,27)14-8-12(7-11(2)3)10-22-17(14)13-5-6-25-16(23-13)9-15(24-25)18(19,20)21/h5-10H,4H2,1-3H3. The molecule has 3 aromatic heterocycles. The summed E-state index contributed by atoms with van der Waals surface area (Å²) in [6, 6.07) is 3.68. The minimum Gasteiger partial charge on any atom is -0.253 e. The molecule has 148 valence electrons. The molecule has 0 unspecified atom stereocenters. The molecule has 0 aliphatic carbocycles. The van der Waals surface area contributed by atoms with Crippen LogP contribution in [-0.4, -0.2) is 33.8 Å². The van der Waals surface area contributed by atoms with Crippen LogP contribution in [0.5, 0.6) is 0 Å². The second-order valence-corrected chi connectivity index (χ2v) is 8.63. The van der Waals surface area contributed by atoms with Crippen LogP contribution in [0.2, 0.25) is 0 Å². The summed E-state index contributed by atoms with van der Waals surface area (Å²) >= 11 is 0. The molecule has 0 bridgehead atoms. The largest absolute Gasteiger partial charge is 0.435 e. The number of halogens is 3. The number of alkyl halides is 3. The van der Waals surface area contributed by atoms with Crippen molar-refractivity contribution in [1.82, 2.24) is 19.6 Å². The van der Waals surface area contributed by atoms with Crippen LogP contribution in [0.3, 0.4) is 0 Å². The third-order valence-electron chi connectivity index (χ3n) is 3.90. The predicted octanol–water partition coefficient (Wildman–Crippen LogP) is 4.03. The highest BCUT2D eigenvalue weighted by Crippen LogP contribution is 2.30. The van der Waals surface area contributed by atoms with Gasteiger partial charge in [0.2, 0.25) is 0 Å². The lowest BCUT2D eigenvalue weighted by molar-refractivity contribution is -0.141. The third-order valence-corrected chi connectivity index (χ3v) is 5.64. The van der Waals surface area contributed by atoms with Crippen LogP contribution in [-0.2, 0) is 16.0 Å². The Kier molecular flexibility index (Phi) is 5.00. The topological polar surface area (TPSA) is 77.2 Å². The van der Waals surface area contributed by atoms with Gasteiger partial charge in [-0.25, -0.2) is 17.9 Å². The van der Waals surface area contributed by atoms with Crippen LogP contribution in [0.15, 0.2) is 41.1 Å². The summed E-state index contributed by atoms with van der Waals surface area (Å²) in [6.07, 6.45) is -0.0230. The molecular weight excluding hydrogens is 393 g/mol. The van der Waals surface area contributed by atoms with Crippen molar-refractivity contribution in [2.75, 3.05) is 5.75 Å². The van der Waals surface area contributed by atoms with Gasteiger partial charge < -0.3 is 0 Å². The number of fused-ring (bicyclic) bond motifs is 1. The Morgan fingerprint density at radius 1 is 1.25 bits per heavy atom. The van der Waals surface area contributed by atoms with E-state index in [9.17, 15) is 21.6 Å². The molecule has 0 radical (unpaired) electrons. The van der Waals surface area contributed by atoms with Crippen LogP contribution in [0, 0.1) is 0 Å². The Morgan fingerprint density at radius 3 is 2.57 bits per heavy atom. The molecule has 0 N–H and O–H groups in total. The Hall–Kier alpha value is -2.75. The highest BCUT2D eigenvalue weighted by molar-refractivity contribution is 7.91. The average Bonchev–Trinajstić information content (AvgIpc) is 3.05. The van der Waals surface area contributed by atoms with Gasteiger partial charge in [0, 0.05) is 18.5 Å². The fourth-order valence-electron chi connectivity index (χ4n) is 2.61. The zero-order valence-corrected chi connectivity index (χ0v) is 16.1. The van der Waals surface area contributed by atoms with E-state index in [-0.39, 0.29) is 27.7 Å². The molecular formula is C18H17F3N4O2S. The zero-order valence-electron chi connectivity index (χ0n) is 15.3. The van der Waals surface area contributed by atoms with E-state index in [2.05, 4.69) is 15.1 Å². The number of aromatic nitrogens is 4. The van der Waals surface area contributed by atoms with Gasteiger partial charge in [-0.2, -0.15) is 18.3 Å². The molecule has 3 aromatic rings. The highest BCUT2D eigenvalue weighted by Gasteiger charge is 2.34. The average molecular weight is 410 g/mol. The molecule has 0 amide bonds. The van der Waals surface area contributed by atoms with Crippen LogP contribution in [0.25, 0.3) is 23.1 Å². The van der Waals surface area contributed by atoms with Crippen molar-refractivity contribution in [3.05, 3.63) is 47.4 Å². The zero-order chi connectivity index (χ0) is 20.7. The lowest BCUT2D eigenvalue weighted by Gasteiger charge is -2.10. The maximum Gasteiger partial charge on any atom is 0.435 e. The summed E-state index contributed by atoms with van der Waals surface area (Å²) in [5.41, 5.74) is 0.681. The van der Waals surface area contributed by atoms with Gasteiger partial charge in [-0.05, 0) is 31.5 Å². The summed E-state index contributed by atoms with van der Waals surface area (Å²) in [5.74, 6) is -0.146. The number of rotatable bonds is 4. The maximum atomic E-state index is 12.9. The molecule has 0 spiro atoms. The molecule has 0 saturated heterocycles. The summed E-state index contributed by atoms with van der Waals surface area (Å²) in [5, 5.41) is 3.44. The van der Waals surface area contributed by atoms with Crippen LogP contribution >= 0.6 is 0 Å². The molecule has 0 aromatic carbocycles. The maximum absolute atomic E-state index is 12.9. The first kappa shape index (κ1) is 20.0. The van der Waals surface area contributed by atoms with Gasteiger partial charge in [-0.1, -0.05) is 18.6 Å². The van der Waals surface area contributed by atoms with Crippen LogP contribution < -0.4 is 0 Å². The summed E-state index contributed by atoms with van der Waals surface area (Å²) in [7, 11) is -3.64.